The van der Waals surface area contributed by atoms with Gasteiger partial charge in [-0.1, -0.05) is 20.3 Å². The van der Waals surface area contributed by atoms with Crippen molar-refractivity contribution in [3.8, 4) is 0 Å². The first kappa shape index (κ1) is 14.1. The highest BCUT2D eigenvalue weighted by Gasteiger charge is 2.17. The highest BCUT2D eigenvalue weighted by Crippen LogP contribution is 2.43. The van der Waals surface area contributed by atoms with Gasteiger partial charge in [-0.3, -0.25) is 4.57 Å². The van der Waals surface area contributed by atoms with Crippen molar-refractivity contribution in [3.05, 3.63) is 0 Å². The van der Waals surface area contributed by atoms with E-state index in [0.29, 0.717) is 13.0 Å². The van der Waals surface area contributed by atoms with E-state index in [0.717, 1.165) is 12.8 Å². The van der Waals surface area contributed by atoms with E-state index in [1.807, 2.05) is 13.8 Å². The van der Waals surface area contributed by atoms with Gasteiger partial charge in [-0.25, -0.2) is 0 Å². The van der Waals surface area contributed by atoms with E-state index in [-0.39, 0.29) is 6.61 Å². The summed E-state index contributed by atoms with van der Waals surface area (Å²) in [5.74, 6) is 0. The van der Waals surface area contributed by atoms with Crippen LogP contribution in [0.1, 0.15) is 33.1 Å². The molecule has 0 aromatic carbocycles. The summed E-state index contributed by atoms with van der Waals surface area (Å²) < 4.78 is 21.7. The predicted octanol–water partition coefficient (Wildman–Crippen LogP) is 2.41. The summed E-state index contributed by atoms with van der Waals surface area (Å²) in [7, 11) is -2.95. The predicted molar refractivity (Wildman–Crippen MR) is 56.6 cm³/mol. The van der Waals surface area contributed by atoms with Gasteiger partial charge in [0.2, 0.25) is 0 Å². The summed E-state index contributed by atoms with van der Waals surface area (Å²) in [4.78, 5) is 0. The van der Waals surface area contributed by atoms with Gasteiger partial charge in [0.05, 0.1) is 19.3 Å². The first-order chi connectivity index (χ1) is 6.52. The Balaban J connectivity index is 3.66. The van der Waals surface area contributed by atoms with Crippen LogP contribution in [0.2, 0.25) is 0 Å². The molecule has 0 rings (SSSR count). The third-order valence-electron chi connectivity index (χ3n) is 1.80. The van der Waals surface area contributed by atoms with E-state index < -0.39 is 13.7 Å². The molecule has 0 fully saturated rings. The minimum atomic E-state index is -2.95. The van der Waals surface area contributed by atoms with E-state index in [4.69, 9.17) is 9.05 Å². The van der Waals surface area contributed by atoms with Crippen LogP contribution in [-0.4, -0.2) is 31.1 Å². The smallest absolute Gasteiger partial charge is 0.327 e. The average molecular weight is 224 g/mol. The lowest BCUT2D eigenvalue weighted by atomic mass is 10.3. The van der Waals surface area contributed by atoms with Crippen molar-refractivity contribution in [2.24, 2.45) is 0 Å². The standard InChI is InChI=1S/C9H21O4P/c1-4-6-7-12-14(3,11)13-8-9(10)5-2/h9-10H,4-8H2,1-3H3. The van der Waals surface area contributed by atoms with E-state index >= 15 is 0 Å². The molecular weight excluding hydrogens is 203 g/mol. The quantitative estimate of drug-likeness (QED) is 0.508. The number of hydrogen-bond acceptors (Lipinski definition) is 4. The van der Waals surface area contributed by atoms with Crippen LogP contribution in [0, 0.1) is 0 Å². The van der Waals surface area contributed by atoms with Gasteiger partial charge in [-0.2, -0.15) is 0 Å². The molecule has 0 aromatic rings. The molecule has 1 N–H and O–H groups in total. The molecule has 2 unspecified atom stereocenters. The highest BCUT2D eigenvalue weighted by molar-refractivity contribution is 7.52. The van der Waals surface area contributed by atoms with Gasteiger partial charge >= 0.3 is 7.60 Å². The highest BCUT2D eigenvalue weighted by atomic mass is 31.2. The van der Waals surface area contributed by atoms with Gasteiger partial charge in [0.1, 0.15) is 0 Å². The molecule has 14 heavy (non-hydrogen) atoms. The first-order valence-electron chi connectivity index (χ1n) is 5.06. The summed E-state index contributed by atoms with van der Waals surface area (Å²) in [6.45, 7) is 5.84. The van der Waals surface area contributed by atoms with Crippen molar-refractivity contribution >= 4 is 7.60 Å². The van der Waals surface area contributed by atoms with Crippen LogP contribution < -0.4 is 0 Å². The largest absolute Gasteiger partial charge is 0.391 e. The maximum Gasteiger partial charge on any atom is 0.327 e. The molecule has 0 bridgehead atoms. The minimum Gasteiger partial charge on any atom is -0.391 e. The van der Waals surface area contributed by atoms with E-state index in [1.165, 1.54) is 6.66 Å². The third kappa shape index (κ3) is 7.51. The lowest BCUT2D eigenvalue weighted by molar-refractivity contribution is 0.0907. The molecule has 0 amide bonds. The molecule has 0 saturated heterocycles. The van der Waals surface area contributed by atoms with Gasteiger partial charge in [0.25, 0.3) is 0 Å². The SMILES string of the molecule is CCCCOP(C)(=O)OCC(O)CC. The van der Waals surface area contributed by atoms with Crippen LogP contribution >= 0.6 is 7.60 Å². The number of hydrogen-bond donors (Lipinski definition) is 1. The monoisotopic (exact) mass is 224 g/mol. The van der Waals surface area contributed by atoms with Crippen molar-refractivity contribution in [2.45, 2.75) is 39.2 Å². The Morgan fingerprint density at radius 3 is 2.50 bits per heavy atom. The van der Waals surface area contributed by atoms with E-state index in [1.54, 1.807) is 0 Å². The van der Waals surface area contributed by atoms with Crippen LogP contribution in [-0.2, 0) is 13.6 Å². The van der Waals surface area contributed by atoms with Gasteiger partial charge in [0, 0.05) is 6.66 Å². The second-order valence-electron chi connectivity index (χ2n) is 3.32. The Labute approximate surface area is 86.1 Å². The lowest BCUT2D eigenvalue weighted by Crippen LogP contribution is -2.13. The molecule has 0 heterocycles. The summed E-state index contributed by atoms with van der Waals surface area (Å²) in [6, 6.07) is 0. The van der Waals surface area contributed by atoms with Crippen molar-refractivity contribution < 1.29 is 18.7 Å². The third-order valence-corrected chi connectivity index (χ3v) is 3.07. The van der Waals surface area contributed by atoms with Gasteiger partial charge in [-0.15, -0.1) is 0 Å². The Morgan fingerprint density at radius 1 is 1.36 bits per heavy atom. The number of rotatable bonds is 8. The van der Waals surface area contributed by atoms with Crippen LogP contribution in [0.3, 0.4) is 0 Å². The molecule has 0 aromatic heterocycles. The molecule has 5 heteroatoms. The van der Waals surface area contributed by atoms with Crippen LogP contribution in [0.15, 0.2) is 0 Å². The minimum absolute atomic E-state index is 0.0798. The second-order valence-corrected chi connectivity index (χ2v) is 5.38. The number of unbranched alkanes of at least 4 members (excludes halogenated alkanes) is 1. The number of aliphatic hydroxyl groups excluding tert-OH is 1. The normalized spacial score (nSPS) is 17.7. The van der Waals surface area contributed by atoms with Crippen LogP contribution in [0.25, 0.3) is 0 Å². The second kappa shape index (κ2) is 7.41. The van der Waals surface area contributed by atoms with Crippen LogP contribution in [0.4, 0.5) is 0 Å². The van der Waals surface area contributed by atoms with Crippen molar-refractivity contribution in [1.29, 1.82) is 0 Å². The van der Waals surface area contributed by atoms with Gasteiger partial charge in [0.15, 0.2) is 0 Å². The van der Waals surface area contributed by atoms with Gasteiger partial charge in [-0.05, 0) is 12.8 Å². The zero-order valence-electron chi connectivity index (χ0n) is 9.23. The lowest BCUT2D eigenvalue weighted by Gasteiger charge is -2.15. The molecule has 0 aliphatic rings. The molecule has 0 radical (unpaired) electrons. The fourth-order valence-electron chi connectivity index (χ4n) is 0.751. The molecular formula is C9H21O4P. The van der Waals surface area contributed by atoms with Crippen LogP contribution in [0.5, 0.6) is 0 Å². The maximum absolute atomic E-state index is 11.6. The molecule has 0 spiro atoms. The zero-order chi connectivity index (χ0) is 11.0. The average Bonchev–Trinajstić information content (AvgIpc) is 2.14. The summed E-state index contributed by atoms with van der Waals surface area (Å²) >= 11 is 0. The van der Waals surface area contributed by atoms with Crippen molar-refractivity contribution in [1.82, 2.24) is 0 Å². The first-order valence-corrected chi connectivity index (χ1v) is 7.05. The maximum atomic E-state index is 11.6. The fraction of sp³-hybridized carbons (Fsp3) is 1.00. The Kier molecular flexibility index (Phi) is 7.47. The Bertz CT molecular complexity index is 184. The molecule has 86 valence electrons. The zero-order valence-corrected chi connectivity index (χ0v) is 10.1. The number of aliphatic hydroxyl groups is 1. The molecule has 0 aliphatic heterocycles. The van der Waals surface area contributed by atoms with Crippen molar-refractivity contribution in [2.75, 3.05) is 19.9 Å². The fourth-order valence-corrected chi connectivity index (χ4v) is 1.73. The molecule has 0 aliphatic carbocycles. The molecule has 0 saturated carbocycles. The summed E-state index contributed by atoms with van der Waals surface area (Å²) in [5, 5.41) is 9.19. The Hall–Kier alpha value is 0.110. The Morgan fingerprint density at radius 2 is 2.00 bits per heavy atom. The van der Waals surface area contributed by atoms with Gasteiger partial charge < -0.3 is 14.2 Å². The topological polar surface area (TPSA) is 55.8 Å². The van der Waals surface area contributed by atoms with E-state index in [9.17, 15) is 9.67 Å². The van der Waals surface area contributed by atoms with E-state index in [2.05, 4.69) is 0 Å². The molecule has 4 nitrogen and oxygen atoms in total. The summed E-state index contributed by atoms with van der Waals surface area (Å²) in [6.07, 6.45) is 1.91. The summed E-state index contributed by atoms with van der Waals surface area (Å²) in [5.41, 5.74) is 0. The molecule has 2 atom stereocenters. The van der Waals surface area contributed by atoms with Crippen molar-refractivity contribution in [3.63, 3.8) is 0 Å².